The summed E-state index contributed by atoms with van der Waals surface area (Å²) in [7, 11) is 0. The van der Waals surface area contributed by atoms with Crippen LogP contribution in [-0.4, -0.2) is 17.5 Å². The first-order valence-electron chi connectivity index (χ1n) is 24.6. The maximum atomic E-state index is 20.1. The summed E-state index contributed by atoms with van der Waals surface area (Å²) in [6, 6.07) is 47.9. The number of halogens is 2. The van der Waals surface area contributed by atoms with E-state index in [0.717, 1.165) is 100.0 Å². The van der Waals surface area contributed by atoms with Gasteiger partial charge in [-0.1, -0.05) is 144 Å². The molecule has 11 aromatic rings. The van der Waals surface area contributed by atoms with Gasteiger partial charge in [0.2, 0.25) is 0 Å². The Kier molecular flexibility index (Phi) is 11.4. The predicted molar refractivity (Wildman–Crippen MR) is 309 cm³/mol. The standard InChI is InChI=1S/C64H36F2N8S4/c1-33-7-17-39(18-8-33)63(40-19-9-34(2)10-20-40)47-29-49(45-25-15-37(27-43(31-67)69-5)57-59(45)73-77-71-57)75-61(47)51-53(63)55(65)52-54(56(51)66)64(41-21-11-35(3)12-22-41,42-23-13-36(4)14-24-42)48-30-50(76-62(48)52)46-26-16-38(28-44(32-68)70-6)58-60(46)74-78-72-58/h7-30H,1-4H3/b43-27-,44-28+. The van der Waals surface area contributed by atoms with Crippen molar-refractivity contribution in [3.8, 4) is 53.9 Å². The molecule has 78 heavy (non-hydrogen) atoms. The van der Waals surface area contributed by atoms with Crippen molar-refractivity contribution in [3.63, 3.8) is 0 Å². The van der Waals surface area contributed by atoms with Gasteiger partial charge in [-0.25, -0.2) is 29.0 Å². The summed E-state index contributed by atoms with van der Waals surface area (Å²) in [5, 5.41) is 19.3. The average molecular weight is 1080 g/mol. The lowest BCUT2D eigenvalue weighted by Crippen LogP contribution is -2.32. The Labute approximate surface area is 463 Å². The zero-order valence-corrected chi connectivity index (χ0v) is 45.1. The largest absolute Gasteiger partial charge is 0.262 e. The number of rotatable bonds is 8. The molecule has 8 nitrogen and oxygen atoms in total. The maximum Gasteiger partial charge on any atom is 0.262 e. The molecular formula is C64H36F2N8S4. The summed E-state index contributed by atoms with van der Waals surface area (Å²) in [5.74, 6) is -1.05. The molecule has 0 spiro atoms. The van der Waals surface area contributed by atoms with Crippen LogP contribution in [0.5, 0.6) is 0 Å². The topological polar surface area (TPSA) is 108 Å². The van der Waals surface area contributed by atoms with Gasteiger partial charge in [0.05, 0.1) is 59.6 Å². The van der Waals surface area contributed by atoms with Crippen molar-refractivity contribution in [3.05, 3.63) is 257 Å². The summed E-state index contributed by atoms with van der Waals surface area (Å²) < 4.78 is 58.9. The van der Waals surface area contributed by atoms with Gasteiger partial charge in [-0.2, -0.15) is 17.5 Å². The summed E-state index contributed by atoms with van der Waals surface area (Å²) in [4.78, 5) is 9.47. The van der Waals surface area contributed by atoms with Gasteiger partial charge >= 0.3 is 0 Å². The van der Waals surface area contributed by atoms with Gasteiger partial charge in [0.15, 0.2) is 0 Å². The van der Waals surface area contributed by atoms with E-state index in [1.54, 1.807) is 0 Å². The highest BCUT2D eigenvalue weighted by atomic mass is 32.1. The number of nitrogens with zero attached hydrogens (tertiary/aromatic N) is 8. The fraction of sp³-hybridized carbons (Fsp3) is 0.0938. The minimum absolute atomic E-state index is 0.0851. The van der Waals surface area contributed by atoms with Gasteiger partial charge in [-0.15, -0.1) is 22.7 Å². The minimum atomic E-state index is -1.38. The molecule has 0 saturated heterocycles. The summed E-state index contributed by atoms with van der Waals surface area (Å²) in [5.41, 5.74) is 11.3. The van der Waals surface area contributed by atoms with Gasteiger partial charge in [-0.05, 0) is 96.5 Å². The Balaban J connectivity index is 1.17. The van der Waals surface area contributed by atoms with E-state index in [-0.39, 0.29) is 33.6 Å². The Morgan fingerprint density at radius 3 is 1.12 bits per heavy atom. The Bertz CT molecular complexity index is 4190. The summed E-state index contributed by atoms with van der Waals surface area (Å²) >= 11 is 4.83. The normalized spacial score (nSPS) is 13.8. The molecule has 4 heterocycles. The van der Waals surface area contributed by atoms with E-state index in [0.29, 0.717) is 42.9 Å². The van der Waals surface area contributed by atoms with Crippen molar-refractivity contribution >= 4 is 80.3 Å². The number of benzene rings is 7. The van der Waals surface area contributed by atoms with E-state index in [1.165, 1.54) is 34.8 Å². The number of aromatic nitrogens is 4. The fourth-order valence-corrected chi connectivity index (χ4v) is 15.4. The second-order valence-corrected chi connectivity index (χ2v) is 22.8. The van der Waals surface area contributed by atoms with Crippen LogP contribution in [0.2, 0.25) is 0 Å². The van der Waals surface area contributed by atoms with E-state index in [4.69, 9.17) is 21.9 Å². The number of nitriles is 2. The second kappa shape index (κ2) is 18.3. The van der Waals surface area contributed by atoms with Crippen molar-refractivity contribution in [1.82, 2.24) is 17.5 Å². The number of aryl methyl sites for hydroxylation is 4. The molecule has 0 radical (unpaired) electrons. The van der Waals surface area contributed by atoms with E-state index in [2.05, 4.69) is 30.6 Å². The molecule has 13 rings (SSSR count). The van der Waals surface area contributed by atoms with Crippen molar-refractivity contribution in [2.75, 3.05) is 0 Å². The van der Waals surface area contributed by atoms with Crippen LogP contribution in [0, 0.1) is 75.1 Å². The predicted octanol–water partition coefficient (Wildman–Crippen LogP) is 17.0. The molecule has 0 atom stereocenters. The number of thiophene rings is 2. The molecule has 370 valence electrons. The fourth-order valence-electron chi connectivity index (χ4n) is 11.7. The van der Waals surface area contributed by atoms with Gasteiger partial charge < -0.3 is 0 Å². The molecule has 0 bridgehead atoms. The van der Waals surface area contributed by atoms with Crippen LogP contribution >= 0.6 is 46.1 Å². The van der Waals surface area contributed by atoms with E-state index >= 15 is 8.78 Å². The van der Waals surface area contributed by atoms with Crippen molar-refractivity contribution in [2.45, 2.75) is 38.5 Å². The van der Waals surface area contributed by atoms with Crippen LogP contribution in [0.25, 0.3) is 85.7 Å². The van der Waals surface area contributed by atoms with Gasteiger partial charge in [0.25, 0.3) is 11.4 Å². The monoisotopic (exact) mass is 1080 g/mol. The third kappa shape index (κ3) is 6.92. The number of allylic oxidation sites excluding steroid dienone is 2. The molecule has 2 aliphatic rings. The lowest BCUT2D eigenvalue weighted by molar-refractivity contribution is 0.558. The molecule has 4 aromatic heterocycles. The van der Waals surface area contributed by atoms with Crippen LogP contribution in [0.15, 0.2) is 145 Å². The van der Waals surface area contributed by atoms with Crippen LogP contribution in [0.1, 0.15) is 77.9 Å². The first-order valence-corrected chi connectivity index (χ1v) is 27.7. The minimum Gasteiger partial charge on any atom is -0.227 e. The van der Waals surface area contributed by atoms with Crippen LogP contribution in [-0.2, 0) is 10.8 Å². The number of hydrogen-bond donors (Lipinski definition) is 0. The lowest BCUT2D eigenvalue weighted by Gasteiger charge is -2.36. The smallest absolute Gasteiger partial charge is 0.227 e. The van der Waals surface area contributed by atoms with E-state index < -0.39 is 22.5 Å². The first-order chi connectivity index (χ1) is 37.9. The third-order valence-corrected chi connectivity index (χ3v) is 18.7. The average Bonchev–Trinajstić information content (AvgIpc) is 2.51. The third-order valence-electron chi connectivity index (χ3n) is 15.3. The van der Waals surface area contributed by atoms with Gasteiger partial charge in [0.1, 0.15) is 33.7 Å². The van der Waals surface area contributed by atoms with Gasteiger partial charge in [-0.3, -0.25) is 0 Å². The van der Waals surface area contributed by atoms with E-state index in [9.17, 15) is 10.5 Å². The Morgan fingerprint density at radius 1 is 0.487 bits per heavy atom. The van der Waals surface area contributed by atoms with Crippen molar-refractivity contribution in [2.24, 2.45) is 0 Å². The molecule has 2 aliphatic carbocycles. The lowest BCUT2D eigenvalue weighted by atomic mass is 9.65. The van der Waals surface area contributed by atoms with Crippen molar-refractivity contribution < 1.29 is 8.78 Å². The highest BCUT2D eigenvalue weighted by Crippen LogP contribution is 2.68. The molecular weight excluding hydrogens is 1050 g/mol. The van der Waals surface area contributed by atoms with E-state index in [1.807, 2.05) is 161 Å². The Hall–Kier alpha value is -9.12. The first kappa shape index (κ1) is 48.5. The van der Waals surface area contributed by atoms with Crippen LogP contribution < -0.4 is 0 Å². The molecule has 7 aromatic carbocycles. The zero-order valence-electron chi connectivity index (χ0n) is 41.8. The molecule has 0 unspecified atom stereocenters. The highest BCUT2D eigenvalue weighted by Gasteiger charge is 2.57. The summed E-state index contributed by atoms with van der Waals surface area (Å²) in [6.45, 7) is 23.1. The molecule has 14 heteroatoms. The second-order valence-electron chi connectivity index (χ2n) is 19.6. The van der Waals surface area contributed by atoms with Gasteiger partial charge in [0, 0.05) is 52.9 Å². The number of hydrogen-bond acceptors (Lipinski definition) is 10. The molecule has 0 fully saturated rings. The quantitative estimate of drug-likeness (QED) is 0.111. The Morgan fingerprint density at radius 2 is 0.808 bits per heavy atom. The SMILES string of the molecule is [C-]#[N+]/C(C#N)=C\c1ccc(-c2cc3c(s2)-c2c(F)c4c(c(F)c2C3(c2ccc(C)cc2)c2ccc(C)cc2)-c2sc(-c3ccc(/C=C(\C#N)[N+]#[C-])c5nsnc35)cc2C4(c2ccc(C)cc2)c2ccc(C)cc2)c2nsnc12. The number of fused-ring (bicyclic) bond motifs is 8. The molecule has 0 amide bonds. The molecule has 0 saturated carbocycles. The highest BCUT2D eigenvalue weighted by molar-refractivity contribution is 7.20. The summed E-state index contributed by atoms with van der Waals surface area (Å²) in [6.07, 6.45) is 3.02. The maximum absolute atomic E-state index is 20.1. The molecule has 0 N–H and O–H groups in total. The zero-order chi connectivity index (χ0) is 53.8. The van der Waals surface area contributed by atoms with Crippen LogP contribution in [0.4, 0.5) is 8.78 Å². The molecule has 0 aliphatic heterocycles. The van der Waals surface area contributed by atoms with Crippen molar-refractivity contribution in [1.29, 1.82) is 10.5 Å². The van der Waals surface area contributed by atoms with Crippen LogP contribution in [0.3, 0.4) is 0 Å².